The van der Waals surface area contributed by atoms with Crippen molar-refractivity contribution in [3.8, 4) is 0 Å². The van der Waals surface area contributed by atoms with Gasteiger partial charge in [-0.2, -0.15) is 0 Å². The summed E-state index contributed by atoms with van der Waals surface area (Å²) in [7, 11) is 0. The topological polar surface area (TPSA) is 69.6 Å². The van der Waals surface area contributed by atoms with Crippen LogP contribution in [0.15, 0.2) is 17.5 Å². The molecule has 2 heterocycles. The van der Waals surface area contributed by atoms with Gasteiger partial charge in [-0.1, -0.05) is 6.07 Å². The molecule has 7 heteroatoms. The molecule has 0 bridgehead atoms. The van der Waals surface area contributed by atoms with Gasteiger partial charge in [0.25, 0.3) is 0 Å². The average molecular weight is 333 g/mol. The summed E-state index contributed by atoms with van der Waals surface area (Å²) in [6, 6.07) is 3.96. The van der Waals surface area contributed by atoms with Crippen molar-refractivity contribution in [3.63, 3.8) is 0 Å². The van der Waals surface area contributed by atoms with E-state index in [-0.39, 0.29) is 36.8 Å². The minimum absolute atomic E-state index is 0. The fourth-order valence-corrected chi connectivity index (χ4v) is 3.23. The van der Waals surface area contributed by atoms with E-state index in [1.54, 1.807) is 11.3 Å². The summed E-state index contributed by atoms with van der Waals surface area (Å²) in [5.41, 5.74) is 0. The fourth-order valence-electron chi connectivity index (χ4n) is 2.50. The maximum absolute atomic E-state index is 12.0. The molecule has 2 atom stereocenters. The Morgan fingerprint density at radius 1 is 1.57 bits per heavy atom. The van der Waals surface area contributed by atoms with E-state index in [4.69, 9.17) is 5.11 Å². The molecule has 1 aliphatic rings. The number of nitrogens with zero attached hydrogens (tertiary/aromatic N) is 1. The number of hydrogen-bond donors (Lipinski definition) is 2. The molecule has 1 aromatic heterocycles. The molecular formula is C14H21ClN2O3S. The lowest BCUT2D eigenvalue weighted by molar-refractivity contribution is -0.144. The largest absolute Gasteiger partial charge is 0.481 e. The van der Waals surface area contributed by atoms with E-state index < -0.39 is 5.97 Å². The van der Waals surface area contributed by atoms with Crippen molar-refractivity contribution < 1.29 is 14.7 Å². The third-order valence-electron chi connectivity index (χ3n) is 3.57. The highest BCUT2D eigenvalue weighted by Crippen LogP contribution is 2.19. The van der Waals surface area contributed by atoms with Crippen molar-refractivity contribution in [1.82, 2.24) is 10.2 Å². The first kappa shape index (κ1) is 17.9. The van der Waals surface area contributed by atoms with Crippen LogP contribution in [0.4, 0.5) is 0 Å². The van der Waals surface area contributed by atoms with Crippen LogP contribution in [0.5, 0.6) is 0 Å². The van der Waals surface area contributed by atoms with E-state index in [0.29, 0.717) is 13.0 Å². The van der Waals surface area contributed by atoms with Crippen LogP contribution in [0.2, 0.25) is 0 Å². The van der Waals surface area contributed by atoms with Gasteiger partial charge in [-0.05, 0) is 37.8 Å². The predicted molar refractivity (Wildman–Crippen MR) is 84.9 cm³/mol. The van der Waals surface area contributed by atoms with Crippen molar-refractivity contribution >= 4 is 35.6 Å². The summed E-state index contributed by atoms with van der Waals surface area (Å²) in [6.07, 6.45) is 1.55. The molecule has 5 nitrogen and oxygen atoms in total. The van der Waals surface area contributed by atoms with Gasteiger partial charge in [0.05, 0.1) is 18.5 Å². The molecule has 21 heavy (non-hydrogen) atoms. The van der Waals surface area contributed by atoms with E-state index in [1.807, 2.05) is 29.3 Å². The zero-order valence-corrected chi connectivity index (χ0v) is 13.6. The van der Waals surface area contributed by atoms with E-state index in [9.17, 15) is 9.59 Å². The number of aliphatic carboxylic acids is 1. The molecule has 2 rings (SSSR count). The minimum Gasteiger partial charge on any atom is -0.481 e. The van der Waals surface area contributed by atoms with Crippen LogP contribution in [0.3, 0.4) is 0 Å². The Morgan fingerprint density at radius 2 is 2.33 bits per heavy atom. The Bertz CT molecular complexity index is 467. The smallest absolute Gasteiger partial charge is 0.307 e. The monoisotopic (exact) mass is 332 g/mol. The summed E-state index contributed by atoms with van der Waals surface area (Å²) in [5.74, 6) is -1.15. The van der Waals surface area contributed by atoms with Gasteiger partial charge in [-0.15, -0.1) is 23.7 Å². The van der Waals surface area contributed by atoms with Crippen molar-refractivity contribution in [1.29, 1.82) is 0 Å². The molecule has 1 saturated heterocycles. The molecule has 1 fully saturated rings. The Balaban J connectivity index is 0.00000220. The second-order valence-electron chi connectivity index (χ2n) is 5.22. The molecule has 0 saturated carbocycles. The van der Waals surface area contributed by atoms with E-state index in [2.05, 4.69) is 5.32 Å². The van der Waals surface area contributed by atoms with Gasteiger partial charge in [0.15, 0.2) is 0 Å². The molecule has 118 valence electrons. The van der Waals surface area contributed by atoms with Crippen molar-refractivity contribution in [3.05, 3.63) is 22.4 Å². The molecule has 0 aromatic carbocycles. The van der Waals surface area contributed by atoms with Crippen LogP contribution in [-0.4, -0.2) is 41.5 Å². The minimum atomic E-state index is -0.762. The van der Waals surface area contributed by atoms with Crippen LogP contribution in [0.1, 0.15) is 30.7 Å². The highest BCUT2D eigenvalue weighted by atomic mass is 35.5. The predicted octanol–water partition coefficient (Wildman–Crippen LogP) is 2.14. The Labute approximate surface area is 134 Å². The summed E-state index contributed by atoms with van der Waals surface area (Å²) < 4.78 is 0. The molecule has 1 aromatic rings. The number of carboxylic acid groups (broad SMARTS) is 1. The van der Waals surface area contributed by atoms with Gasteiger partial charge >= 0.3 is 5.97 Å². The third-order valence-corrected chi connectivity index (χ3v) is 4.62. The highest BCUT2D eigenvalue weighted by Gasteiger charge is 2.26. The first-order valence-electron chi connectivity index (χ1n) is 6.84. The molecule has 0 spiro atoms. The zero-order valence-electron chi connectivity index (χ0n) is 11.9. The molecule has 2 N–H and O–H groups in total. The second kappa shape index (κ2) is 8.36. The number of halogens is 1. The van der Waals surface area contributed by atoms with E-state index >= 15 is 0 Å². The maximum atomic E-state index is 12.0. The second-order valence-corrected chi connectivity index (χ2v) is 6.20. The number of carbonyl (C=O) groups is 2. The summed E-state index contributed by atoms with van der Waals surface area (Å²) in [4.78, 5) is 26.0. The van der Waals surface area contributed by atoms with Gasteiger partial charge < -0.3 is 10.4 Å². The maximum Gasteiger partial charge on any atom is 0.307 e. The fraction of sp³-hybridized carbons (Fsp3) is 0.571. The van der Waals surface area contributed by atoms with Crippen molar-refractivity contribution in [2.45, 2.75) is 25.8 Å². The first-order valence-corrected chi connectivity index (χ1v) is 7.72. The van der Waals surface area contributed by atoms with E-state index in [1.165, 1.54) is 0 Å². The zero-order chi connectivity index (χ0) is 14.5. The normalized spacial score (nSPS) is 20.3. The Hall–Kier alpha value is -1.11. The highest BCUT2D eigenvalue weighted by molar-refractivity contribution is 7.10. The van der Waals surface area contributed by atoms with Crippen LogP contribution in [0.25, 0.3) is 0 Å². The lowest BCUT2D eigenvalue weighted by atomic mass is 9.98. The van der Waals surface area contributed by atoms with Crippen molar-refractivity contribution in [2.75, 3.05) is 19.6 Å². The van der Waals surface area contributed by atoms with Crippen LogP contribution < -0.4 is 5.32 Å². The van der Waals surface area contributed by atoms with Crippen molar-refractivity contribution in [2.24, 2.45) is 5.92 Å². The molecule has 0 aliphatic carbocycles. The standard InChI is InChI=1S/C14H20N2O3S.ClH/c1-10(12-5-3-7-20-12)15-13(17)9-16-6-2-4-11(8-16)14(18)19;/h3,5,7,10-11H,2,4,6,8-9H2,1H3,(H,15,17)(H,18,19);1H. The third kappa shape index (κ3) is 5.30. The Morgan fingerprint density at radius 3 is 2.95 bits per heavy atom. The molecule has 0 radical (unpaired) electrons. The van der Waals surface area contributed by atoms with Crippen LogP contribution >= 0.6 is 23.7 Å². The summed E-state index contributed by atoms with van der Waals surface area (Å²) in [6.45, 7) is 3.50. The number of hydrogen-bond acceptors (Lipinski definition) is 4. The SMILES string of the molecule is CC(NC(=O)CN1CCCC(C(=O)O)C1)c1cccs1.Cl. The lowest BCUT2D eigenvalue weighted by Crippen LogP contribution is -2.44. The van der Waals surface area contributed by atoms with Crippen LogP contribution in [0, 0.1) is 5.92 Å². The lowest BCUT2D eigenvalue weighted by Gasteiger charge is -2.30. The van der Waals surface area contributed by atoms with E-state index in [0.717, 1.165) is 17.8 Å². The molecule has 1 aliphatic heterocycles. The quantitative estimate of drug-likeness (QED) is 0.866. The van der Waals surface area contributed by atoms with Crippen LogP contribution in [-0.2, 0) is 9.59 Å². The average Bonchev–Trinajstić information content (AvgIpc) is 2.92. The Kier molecular flexibility index (Phi) is 7.14. The number of thiophene rings is 1. The first-order chi connectivity index (χ1) is 9.56. The van der Waals surface area contributed by atoms with Gasteiger partial charge in [0, 0.05) is 11.4 Å². The number of rotatable bonds is 5. The number of likely N-dealkylation sites (tertiary alicyclic amines) is 1. The number of nitrogens with one attached hydrogen (secondary N) is 1. The number of carboxylic acids is 1. The molecular weight excluding hydrogens is 312 g/mol. The number of amides is 1. The van der Waals surface area contributed by atoms with Gasteiger partial charge in [-0.25, -0.2) is 0 Å². The number of piperidine rings is 1. The van der Waals surface area contributed by atoms with Gasteiger partial charge in [-0.3, -0.25) is 14.5 Å². The molecule has 1 amide bonds. The summed E-state index contributed by atoms with van der Waals surface area (Å²) >= 11 is 1.62. The number of carbonyl (C=O) groups excluding carboxylic acids is 1. The summed E-state index contributed by atoms with van der Waals surface area (Å²) in [5, 5.41) is 14.0. The van der Waals surface area contributed by atoms with Gasteiger partial charge in [0.2, 0.25) is 5.91 Å². The molecule has 2 unspecified atom stereocenters. The van der Waals surface area contributed by atoms with Gasteiger partial charge in [0.1, 0.15) is 0 Å².